The van der Waals surface area contributed by atoms with Gasteiger partial charge in [-0.1, -0.05) is 219 Å². The highest BCUT2D eigenvalue weighted by Crippen LogP contribution is 2.54. The Morgan fingerprint density at radius 3 is 1.52 bits per heavy atom. The lowest BCUT2D eigenvalue weighted by atomic mass is 9.68. The number of ketones is 1. The van der Waals surface area contributed by atoms with Crippen LogP contribution in [-0.2, 0) is 46.4 Å². The zero-order chi connectivity index (χ0) is 62.6. The Balaban J connectivity index is 0.000000164. The number of hydrogen-bond donors (Lipinski definition) is 5. The monoisotopic (exact) mass is 1190 g/mol. The number of carbonyl (C=O) groups excluding carboxylic acids is 5. The molecule has 4 heterocycles. The summed E-state index contributed by atoms with van der Waals surface area (Å²) in [6.45, 7) is 12.5. The fraction of sp³-hybridized carbons (Fsp3) is 0.187. The van der Waals surface area contributed by atoms with Crippen LogP contribution in [0.3, 0.4) is 0 Å². The highest BCUT2D eigenvalue weighted by atomic mass is 16.5. The lowest BCUT2D eigenvalue weighted by molar-refractivity contribution is -0.129. The number of ether oxygens (including phenoxy) is 1. The second-order valence-corrected chi connectivity index (χ2v) is 23.6. The normalized spacial score (nSPS) is 17.9. The van der Waals surface area contributed by atoms with Crippen molar-refractivity contribution in [1.29, 1.82) is 10.5 Å². The molecule has 15 heteroatoms. The Morgan fingerprint density at radius 2 is 0.956 bits per heavy atom. The van der Waals surface area contributed by atoms with Crippen LogP contribution in [0, 0.1) is 22.7 Å². The number of para-hydroxylation sites is 4. The van der Waals surface area contributed by atoms with E-state index in [-0.39, 0.29) is 57.4 Å². The van der Waals surface area contributed by atoms with Gasteiger partial charge in [-0.2, -0.15) is 10.5 Å². The SMILES string of the molecule is C.CC(C)(C)c1ccc(O)c(C2(c3ccccc3)C(=O)Nc3ccccc32)c1.CC(C)(C)c1ccc(OCC#N)c(C2(c3ccccc3)C(=O)N(CC#N)c3ccccc32)c1.O=C1Nc2ccccc2C1(O)c1ccccc1.O=C1Nc2ccccc2C1=O.[B]. The first-order valence-electron chi connectivity index (χ1n) is 28.6. The van der Waals surface area contributed by atoms with E-state index in [1.54, 1.807) is 59.5 Å². The second-order valence-electron chi connectivity index (χ2n) is 23.6. The Hall–Kier alpha value is -10.9. The molecular weight excluding hydrogens is 1120 g/mol. The maximum absolute atomic E-state index is 14.3. The number of aromatic hydroxyl groups is 1. The number of phenolic OH excluding ortho intramolecular Hbond substituents is 1. The zero-order valence-corrected chi connectivity index (χ0v) is 50.0. The molecule has 9 aromatic carbocycles. The van der Waals surface area contributed by atoms with Gasteiger partial charge in [0.25, 0.3) is 17.6 Å². The molecule has 9 aromatic rings. The number of carbonyl (C=O) groups is 5. The summed E-state index contributed by atoms with van der Waals surface area (Å²) in [6, 6.07) is 73.2. The number of benzene rings is 9. The molecule has 3 atom stereocenters. The van der Waals surface area contributed by atoms with E-state index in [0.29, 0.717) is 50.6 Å². The van der Waals surface area contributed by atoms with Crippen LogP contribution in [-0.4, -0.2) is 61.2 Å². The summed E-state index contributed by atoms with van der Waals surface area (Å²) < 4.78 is 5.87. The molecule has 14 nitrogen and oxygen atoms in total. The number of aliphatic hydroxyl groups is 1. The molecule has 0 saturated heterocycles. The number of phenols is 1. The minimum Gasteiger partial charge on any atom is -0.508 e. The molecule has 3 radical (unpaired) electrons. The van der Waals surface area contributed by atoms with Crippen LogP contribution >= 0.6 is 0 Å². The first kappa shape index (κ1) is 65.1. The van der Waals surface area contributed by atoms with Crippen LogP contribution in [0.25, 0.3) is 0 Å². The van der Waals surface area contributed by atoms with Crippen LogP contribution in [0.5, 0.6) is 11.5 Å². The maximum Gasteiger partial charge on any atom is 0.296 e. The van der Waals surface area contributed by atoms with E-state index in [2.05, 4.69) is 63.6 Å². The number of Topliss-reactive ketones (excluding diaryl/α,β-unsaturated/α-hetero) is 1. The molecule has 449 valence electrons. The van der Waals surface area contributed by atoms with Gasteiger partial charge in [-0.15, -0.1) is 0 Å². The van der Waals surface area contributed by atoms with Crippen LogP contribution in [0.4, 0.5) is 22.7 Å². The van der Waals surface area contributed by atoms with Gasteiger partial charge >= 0.3 is 0 Å². The summed E-state index contributed by atoms with van der Waals surface area (Å²) in [7, 11) is 0. The van der Waals surface area contributed by atoms with Crippen molar-refractivity contribution < 1.29 is 38.9 Å². The summed E-state index contributed by atoms with van der Waals surface area (Å²) in [5.74, 6) is -1.12. The summed E-state index contributed by atoms with van der Waals surface area (Å²) >= 11 is 0. The van der Waals surface area contributed by atoms with E-state index < -0.39 is 34.0 Å². The smallest absolute Gasteiger partial charge is 0.296 e. The molecule has 0 saturated carbocycles. The second kappa shape index (κ2) is 26.2. The third-order valence-corrected chi connectivity index (χ3v) is 16.2. The molecule has 0 aliphatic carbocycles. The Labute approximate surface area is 527 Å². The van der Waals surface area contributed by atoms with Crippen LogP contribution < -0.4 is 25.6 Å². The number of anilines is 4. The number of hydrogen-bond acceptors (Lipinski definition) is 10. The lowest BCUT2D eigenvalue weighted by Crippen LogP contribution is -2.42. The molecule has 0 aromatic heterocycles. The van der Waals surface area contributed by atoms with E-state index in [0.717, 1.165) is 39.1 Å². The largest absolute Gasteiger partial charge is 0.508 e. The van der Waals surface area contributed by atoms with Crippen molar-refractivity contribution in [2.24, 2.45) is 0 Å². The van der Waals surface area contributed by atoms with Gasteiger partial charge in [-0.25, -0.2) is 0 Å². The summed E-state index contributed by atoms with van der Waals surface area (Å²) in [5, 5.41) is 48.4. The first-order valence-corrected chi connectivity index (χ1v) is 28.6. The number of nitrogens with one attached hydrogen (secondary N) is 3. The van der Waals surface area contributed by atoms with E-state index >= 15 is 0 Å². The van der Waals surface area contributed by atoms with E-state index in [9.17, 15) is 44.7 Å². The predicted octanol–water partition coefficient (Wildman–Crippen LogP) is 13.0. The van der Waals surface area contributed by atoms with Gasteiger partial charge < -0.3 is 30.9 Å². The average Bonchev–Trinajstić information content (AvgIpc) is 1.51. The molecule has 0 spiro atoms. The van der Waals surface area contributed by atoms with E-state index in [1.807, 2.05) is 176 Å². The topological polar surface area (TPSA) is 222 Å². The van der Waals surface area contributed by atoms with Crippen LogP contribution in [0.1, 0.15) is 115 Å². The number of amides is 4. The fourth-order valence-electron chi connectivity index (χ4n) is 11.8. The average molecular weight is 1190 g/mol. The van der Waals surface area contributed by atoms with Crippen molar-refractivity contribution in [3.63, 3.8) is 0 Å². The number of nitriles is 2. The molecule has 4 aliphatic heterocycles. The molecule has 0 fully saturated rings. The molecule has 4 amide bonds. The third-order valence-electron chi connectivity index (χ3n) is 16.2. The molecule has 4 aliphatic rings. The van der Waals surface area contributed by atoms with E-state index in [1.165, 1.54) is 0 Å². The van der Waals surface area contributed by atoms with Crippen LogP contribution in [0.2, 0.25) is 0 Å². The summed E-state index contributed by atoms with van der Waals surface area (Å²) in [5.41, 5.74) is 7.00. The van der Waals surface area contributed by atoms with Gasteiger partial charge in [-0.05, 0) is 93.2 Å². The lowest BCUT2D eigenvalue weighted by Gasteiger charge is -2.33. The Bertz CT molecular complexity index is 4270. The van der Waals surface area contributed by atoms with Crippen molar-refractivity contribution in [3.8, 4) is 23.6 Å². The molecular formula is C75H68BN6O8. The van der Waals surface area contributed by atoms with Crippen molar-refractivity contribution in [3.05, 3.63) is 286 Å². The van der Waals surface area contributed by atoms with Gasteiger partial charge in [0.15, 0.2) is 12.2 Å². The Morgan fingerprint density at radius 1 is 0.489 bits per heavy atom. The maximum atomic E-state index is 14.3. The molecule has 0 bridgehead atoms. The molecule has 5 N–H and O–H groups in total. The number of nitrogens with zero attached hydrogens (tertiary/aromatic N) is 3. The predicted molar refractivity (Wildman–Crippen MR) is 352 cm³/mol. The summed E-state index contributed by atoms with van der Waals surface area (Å²) in [6.07, 6.45) is 0. The van der Waals surface area contributed by atoms with Crippen molar-refractivity contribution in [2.45, 2.75) is 76.2 Å². The number of rotatable bonds is 8. The van der Waals surface area contributed by atoms with Crippen molar-refractivity contribution in [1.82, 2.24) is 0 Å². The van der Waals surface area contributed by atoms with E-state index in [4.69, 9.17) is 4.74 Å². The number of fused-ring (bicyclic) bond motifs is 4. The quantitative estimate of drug-likeness (QED) is 0.0550. The first-order chi connectivity index (χ1) is 42.2. The van der Waals surface area contributed by atoms with Gasteiger partial charge in [0.05, 0.1) is 17.3 Å². The van der Waals surface area contributed by atoms with Crippen molar-refractivity contribution in [2.75, 3.05) is 34.0 Å². The molecule has 3 unspecified atom stereocenters. The van der Waals surface area contributed by atoms with Gasteiger partial charge in [-0.3, -0.25) is 28.9 Å². The minimum absolute atomic E-state index is 0. The van der Waals surface area contributed by atoms with Gasteiger partial charge in [0, 0.05) is 53.3 Å². The third kappa shape index (κ3) is 11.6. The highest BCUT2D eigenvalue weighted by molar-refractivity contribution is 6.51. The highest BCUT2D eigenvalue weighted by Gasteiger charge is 2.55. The Kier molecular flexibility index (Phi) is 19.0. The molecule has 13 rings (SSSR count). The minimum atomic E-state index is -1.57. The summed E-state index contributed by atoms with van der Waals surface area (Å²) in [4.78, 5) is 63.1. The zero-order valence-electron chi connectivity index (χ0n) is 50.0. The van der Waals surface area contributed by atoms with Crippen LogP contribution in [0.15, 0.2) is 224 Å². The van der Waals surface area contributed by atoms with Gasteiger partial charge in [0.2, 0.25) is 11.8 Å². The standard InChI is InChI=1S/C28H25N3O2.C24H23NO2.C14H11NO2.C8H5NO2.CH4.B/c1-27(2,3)21-13-14-25(33-18-16-30)23(19-21)28(20-9-5-4-6-10-20)22-11-7-8-12-24(22)31(17-15-29)26(28)32;1-23(2,3)17-13-14-21(26)19(15-17)24(16-9-5-4-6-10-16)18-11-7-8-12-20(18)25-22(24)27;16-13-14(17,10-6-2-1-3-7-10)11-8-4-5-9-12(11)15-13;10-7-5-3-1-2-4-6(5)9-8(7)11;;/h4-14,19H,17-18H2,1-3H3;4-15,26H,1-3H3,(H,25,27);1-9,17H,(H,15,16);1-4H,(H,9,10,11);1H4;. The fourth-order valence-corrected chi connectivity index (χ4v) is 11.8. The van der Waals surface area contributed by atoms with Crippen molar-refractivity contribution >= 4 is 60.6 Å². The molecule has 90 heavy (non-hydrogen) atoms. The van der Waals surface area contributed by atoms with Gasteiger partial charge in [0.1, 0.15) is 34.9 Å².